The van der Waals surface area contributed by atoms with Gasteiger partial charge in [-0.3, -0.25) is 5.32 Å². The van der Waals surface area contributed by atoms with Crippen LogP contribution in [0, 0.1) is 0 Å². The molecule has 6 nitrogen and oxygen atoms in total. The molecular weight excluding hydrogens is 334 g/mol. The van der Waals surface area contributed by atoms with Crippen LogP contribution < -0.4 is 14.8 Å². The van der Waals surface area contributed by atoms with Crippen molar-refractivity contribution in [2.75, 3.05) is 19.0 Å². The van der Waals surface area contributed by atoms with Crippen molar-refractivity contribution in [1.29, 1.82) is 0 Å². The van der Waals surface area contributed by atoms with Gasteiger partial charge in [-0.25, -0.2) is 9.59 Å². The predicted octanol–water partition coefficient (Wildman–Crippen LogP) is 4.52. The lowest BCUT2D eigenvalue weighted by atomic mass is 10.2. The minimum atomic E-state index is -0.661. The standard InChI is InChI=1S/C20H21NO5/c1-4-6-14-7-12-17(18(13-14)24-3)26-20(23)21-16-10-8-15(9-11-16)19(22)25-5-2/h4,6-13H,5H2,1-3H3,(H,21,23)/b6-4-. The number of rotatable bonds is 6. The van der Waals surface area contributed by atoms with E-state index in [1.165, 1.54) is 7.11 Å². The molecule has 2 aromatic carbocycles. The topological polar surface area (TPSA) is 73.9 Å². The van der Waals surface area contributed by atoms with Gasteiger partial charge in [0.05, 0.1) is 19.3 Å². The lowest BCUT2D eigenvalue weighted by molar-refractivity contribution is 0.0526. The van der Waals surface area contributed by atoms with Crippen molar-refractivity contribution < 1.29 is 23.8 Å². The summed E-state index contributed by atoms with van der Waals surface area (Å²) < 4.78 is 15.5. The maximum Gasteiger partial charge on any atom is 0.417 e. The number of nitrogens with one attached hydrogen (secondary N) is 1. The van der Waals surface area contributed by atoms with Crippen LogP contribution in [0.4, 0.5) is 10.5 Å². The largest absolute Gasteiger partial charge is 0.493 e. The lowest BCUT2D eigenvalue weighted by Gasteiger charge is -2.11. The Morgan fingerprint density at radius 1 is 1.08 bits per heavy atom. The highest BCUT2D eigenvalue weighted by Gasteiger charge is 2.11. The van der Waals surface area contributed by atoms with Gasteiger partial charge in [0.25, 0.3) is 0 Å². The molecule has 0 saturated heterocycles. The monoisotopic (exact) mass is 355 g/mol. The summed E-state index contributed by atoms with van der Waals surface area (Å²) in [6.45, 7) is 3.96. The van der Waals surface area contributed by atoms with Crippen LogP contribution in [0.15, 0.2) is 48.5 Å². The molecule has 6 heteroatoms. The number of carbonyl (C=O) groups is 2. The molecule has 0 aliphatic carbocycles. The molecule has 0 bridgehead atoms. The molecule has 0 aromatic heterocycles. The van der Waals surface area contributed by atoms with Crippen molar-refractivity contribution in [3.8, 4) is 11.5 Å². The molecule has 0 fully saturated rings. The number of ether oxygens (including phenoxy) is 3. The Hall–Kier alpha value is -3.28. The SMILES string of the molecule is C/C=C\c1ccc(OC(=O)Nc2ccc(C(=O)OCC)cc2)c(OC)c1. The Morgan fingerprint density at radius 2 is 1.81 bits per heavy atom. The molecule has 0 aliphatic rings. The number of benzene rings is 2. The third-order valence-electron chi connectivity index (χ3n) is 3.39. The molecule has 0 atom stereocenters. The predicted molar refractivity (Wildman–Crippen MR) is 99.7 cm³/mol. The fourth-order valence-corrected chi connectivity index (χ4v) is 2.21. The van der Waals surface area contributed by atoms with E-state index in [0.29, 0.717) is 29.4 Å². The summed E-state index contributed by atoms with van der Waals surface area (Å²) in [6, 6.07) is 11.6. The molecule has 26 heavy (non-hydrogen) atoms. The Kier molecular flexibility index (Phi) is 6.79. The lowest BCUT2D eigenvalue weighted by Crippen LogP contribution is -2.17. The van der Waals surface area contributed by atoms with E-state index in [-0.39, 0.29) is 0 Å². The molecule has 2 aromatic rings. The first-order chi connectivity index (χ1) is 12.6. The number of anilines is 1. The number of amides is 1. The molecule has 136 valence electrons. The molecule has 1 N–H and O–H groups in total. The van der Waals surface area contributed by atoms with Gasteiger partial charge < -0.3 is 14.2 Å². The fraction of sp³-hybridized carbons (Fsp3) is 0.200. The zero-order chi connectivity index (χ0) is 18.9. The maximum absolute atomic E-state index is 12.1. The van der Waals surface area contributed by atoms with Gasteiger partial charge in [-0.2, -0.15) is 0 Å². The minimum absolute atomic E-state index is 0.305. The number of esters is 1. The Morgan fingerprint density at radius 3 is 2.42 bits per heavy atom. The highest BCUT2D eigenvalue weighted by Crippen LogP contribution is 2.29. The van der Waals surface area contributed by atoms with E-state index < -0.39 is 12.1 Å². The van der Waals surface area contributed by atoms with Gasteiger partial charge >= 0.3 is 12.1 Å². The third-order valence-corrected chi connectivity index (χ3v) is 3.39. The first kappa shape index (κ1) is 19.1. The number of hydrogen-bond donors (Lipinski definition) is 1. The summed E-state index contributed by atoms with van der Waals surface area (Å²) >= 11 is 0. The number of allylic oxidation sites excluding steroid dienone is 1. The van der Waals surface area contributed by atoms with Gasteiger partial charge in [0.15, 0.2) is 11.5 Å². The van der Waals surface area contributed by atoms with Gasteiger partial charge in [0, 0.05) is 5.69 Å². The van der Waals surface area contributed by atoms with Gasteiger partial charge in [0.2, 0.25) is 0 Å². The molecule has 0 spiro atoms. The van der Waals surface area contributed by atoms with Crippen LogP contribution in [-0.2, 0) is 4.74 Å². The van der Waals surface area contributed by atoms with E-state index in [1.54, 1.807) is 43.3 Å². The molecule has 1 amide bonds. The van der Waals surface area contributed by atoms with E-state index in [0.717, 1.165) is 5.56 Å². The Labute approximate surface area is 152 Å². The van der Waals surface area contributed by atoms with E-state index in [2.05, 4.69) is 5.32 Å². The number of methoxy groups -OCH3 is 1. The fourth-order valence-electron chi connectivity index (χ4n) is 2.21. The van der Waals surface area contributed by atoms with Crippen LogP contribution in [-0.4, -0.2) is 25.8 Å². The minimum Gasteiger partial charge on any atom is -0.493 e. The van der Waals surface area contributed by atoms with Gasteiger partial charge in [0.1, 0.15) is 0 Å². The van der Waals surface area contributed by atoms with Crippen LogP contribution in [0.25, 0.3) is 6.08 Å². The normalized spacial score (nSPS) is 10.4. The summed E-state index contributed by atoms with van der Waals surface area (Å²) in [5, 5.41) is 2.60. The molecule has 2 rings (SSSR count). The van der Waals surface area contributed by atoms with E-state index >= 15 is 0 Å². The first-order valence-corrected chi connectivity index (χ1v) is 8.14. The van der Waals surface area contributed by atoms with Crippen molar-refractivity contribution in [2.45, 2.75) is 13.8 Å². The summed E-state index contributed by atoms with van der Waals surface area (Å²) in [5.74, 6) is 0.349. The zero-order valence-electron chi connectivity index (χ0n) is 14.9. The zero-order valence-corrected chi connectivity index (χ0v) is 14.9. The van der Waals surface area contributed by atoms with Crippen molar-refractivity contribution in [3.63, 3.8) is 0 Å². The second kappa shape index (κ2) is 9.27. The number of hydrogen-bond acceptors (Lipinski definition) is 5. The van der Waals surface area contributed by atoms with Crippen LogP contribution in [0.5, 0.6) is 11.5 Å². The Balaban J connectivity index is 2.03. The van der Waals surface area contributed by atoms with Gasteiger partial charge in [-0.05, 0) is 55.8 Å². The van der Waals surface area contributed by atoms with E-state index in [9.17, 15) is 9.59 Å². The van der Waals surface area contributed by atoms with Crippen LogP contribution in [0.2, 0.25) is 0 Å². The molecule has 0 heterocycles. The van der Waals surface area contributed by atoms with Crippen LogP contribution >= 0.6 is 0 Å². The quantitative estimate of drug-likeness (QED) is 0.772. The molecule has 0 saturated carbocycles. The van der Waals surface area contributed by atoms with E-state index in [4.69, 9.17) is 14.2 Å². The Bertz CT molecular complexity index is 796. The van der Waals surface area contributed by atoms with Gasteiger partial charge in [-0.1, -0.05) is 18.2 Å². The van der Waals surface area contributed by atoms with Crippen molar-refractivity contribution in [2.24, 2.45) is 0 Å². The van der Waals surface area contributed by atoms with E-state index in [1.807, 2.05) is 25.1 Å². The second-order valence-electron chi connectivity index (χ2n) is 5.22. The van der Waals surface area contributed by atoms with Crippen LogP contribution in [0.1, 0.15) is 29.8 Å². The third kappa shape index (κ3) is 5.11. The highest BCUT2D eigenvalue weighted by atomic mass is 16.6. The summed E-state index contributed by atoms with van der Waals surface area (Å²) in [7, 11) is 1.51. The maximum atomic E-state index is 12.1. The van der Waals surface area contributed by atoms with Gasteiger partial charge in [-0.15, -0.1) is 0 Å². The first-order valence-electron chi connectivity index (χ1n) is 8.14. The molecule has 0 radical (unpaired) electrons. The smallest absolute Gasteiger partial charge is 0.417 e. The van der Waals surface area contributed by atoms with Crippen molar-refractivity contribution in [1.82, 2.24) is 0 Å². The molecule has 0 unspecified atom stereocenters. The van der Waals surface area contributed by atoms with Crippen molar-refractivity contribution in [3.05, 3.63) is 59.7 Å². The van der Waals surface area contributed by atoms with Crippen molar-refractivity contribution >= 4 is 23.8 Å². The second-order valence-corrected chi connectivity index (χ2v) is 5.22. The summed E-state index contributed by atoms with van der Waals surface area (Å²) in [4.78, 5) is 23.7. The number of carbonyl (C=O) groups excluding carboxylic acids is 2. The average molecular weight is 355 g/mol. The van der Waals surface area contributed by atoms with Crippen LogP contribution in [0.3, 0.4) is 0 Å². The molecular formula is C20H21NO5. The summed E-state index contributed by atoms with van der Waals surface area (Å²) in [6.07, 6.45) is 3.16. The highest BCUT2D eigenvalue weighted by molar-refractivity contribution is 5.91. The molecule has 0 aliphatic heterocycles. The summed E-state index contributed by atoms with van der Waals surface area (Å²) in [5.41, 5.74) is 1.84. The average Bonchev–Trinajstić information content (AvgIpc) is 2.64.